The third-order valence-corrected chi connectivity index (χ3v) is 5.21. The minimum absolute atomic E-state index is 0.513. The van der Waals surface area contributed by atoms with Gasteiger partial charge in [0.05, 0.1) is 0 Å². The number of unbranched alkanes of at least 4 members (excludes halogenated alkanes) is 4. The van der Waals surface area contributed by atoms with Gasteiger partial charge in [-0.3, -0.25) is 0 Å². The second kappa shape index (κ2) is 8.56. The normalized spacial score (nSPS) is 19.1. The summed E-state index contributed by atoms with van der Waals surface area (Å²) in [6, 6.07) is 0. The lowest BCUT2D eigenvalue weighted by atomic mass is 9.75. The fourth-order valence-electron chi connectivity index (χ4n) is 3.54. The van der Waals surface area contributed by atoms with Crippen molar-refractivity contribution in [1.29, 1.82) is 0 Å². The van der Waals surface area contributed by atoms with E-state index < -0.39 is 0 Å². The third-order valence-electron chi connectivity index (χ3n) is 5.21. The number of rotatable bonds is 7. The van der Waals surface area contributed by atoms with Crippen LogP contribution in [0.15, 0.2) is 0 Å². The monoisotopic (exact) mass is 295 g/mol. The van der Waals surface area contributed by atoms with Gasteiger partial charge in [-0.2, -0.15) is 0 Å². The van der Waals surface area contributed by atoms with E-state index in [1.807, 2.05) is 0 Å². The highest BCUT2D eigenvalue weighted by Crippen LogP contribution is 2.34. The van der Waals surface area contributed by atoms with E-state index in [1.54, 1.807) is 0 Å². The van der Waals surface area contributed by atoms with Crippen LogP contribution in [0, 0.1) is 16.7 Å². The van der Waals surface area contributed by atoms with E-state index in [2.05, 4.69) is 46.4 Å². The summed E-state index contributed by atoms with van der Waals surface area (Å²) in [5.74, 6) is 0.936. The second-order valence-electron chi connectivity index (χ2n) is 9.56. The molecule has 0 N–H and O–H groups in total. The summed E-state index contributed by atoms with van der Waals surface area (Å²) in [5.41, 5.74) is 1.04. The molecule has 1 aliphatic heterocycles. The molecule has 0 atom stereocenters. The smallest absolute Gasteiger partial charge is 0.00159 e. The van der Waals surface area contributed by atoms with Crippen molar-refractivity contribution in [2.75, 3.05) is 19.6 Å². The summed E-state index contributed by atoms with van der Waals surface area (Å²) in [6.45, 7) is 18.3. The molecule has 0 amide bonds. The van der Waals surface area contributed by atoms with E-state index in [9.17, 15) is 0 Å². The Balaban J connectivity index is 1.98. The van der Waals surface area contributed by atoms with Crippen LogP contribution >= 0.6 is 0 Å². The van der Waals surface area contributed by atoms with Crippen LogP contribution in [0.5, 0.6) is 0 Å². The Labute approximate surface area is 134 Å². The standard InChI is InChI=1S/C20H41N/c1-19(2,3)14-10-8-7-9-11-15-21-16-12-18(13-17-21)20(4,5)6/h18H,7-17H2,1-6H3. The molecular weight excluding hydrogens is 254 g/mol. The van der Waals surface area contributed by atoms with Crippen molar-refractivity contribution < 1.29 is 0 Å². The van der Waals surface area contributed by atoms with E-state index in [0.717, 1.165) is 5.92 Å². The van der Waals surface area contributed by atoms with Crippen LogP contribution in [0.25, 0.3) is 0 Å². The average molecular weight is 296 g/mol. The Hall–Kier alpha value is -0.0400. The molecule has 1 saturated heterocycles. The van der Waals surface area contributed by atoms with Gasteiger partial charge in [0.15, 0.2) is 0 Å². The molecule has 0 spiro atoms. The highest BCUT2D eigenvalue weighted by Gasteiger charge is 2.28. The average Bonchev–Trinajstić information content (AvgIpc) is 2.36. The molecule has 1 fully saturated rings. The van der Waals surface area contributed by atoms with Gasteiger partial charge >= 0.3 is 0 Å². The van der Waals surface area contributed by atoms with Crippen molar-refractivity contribution in [3.05, 3.63) is 0 Å². The maximum Gasteiger partial charge on any atom is -0.00159 e. The first-order chi connectivity index (χ1) is 9.68. The Morgan fingerprint density at radius 2 is 1.29 bits per heavy atom. The van der Waals surface area contributed by atoms with Gasteiger partial charge in [-0.25, -0.2) is 0 Å². The molecule has 0 aromatic carbocycles. The van der Waals surface area contributed by atoms with Crippen molar-refractivity contribution in [2.45, 2.75) is 92.9 Å². The lowest BCUT2D eigenvalue weighted by molar-refractivity contribution is 0.111. The summed E-state index contributed by atoms with van der Waals surface area (Å²) >= 11 is 0. The number of piperidine rings is 1. The van der Waals surface area contributed by atoms with Gasteiger partial charge in [0, 0.05) is 0 Å². The lowest BCUT2D eigenvalue weighted by Crippen LogP contribution is -2.38. The number of likely N-dealkylation sites (tertiary alicyclic amines) is 1. The molecule has 0 radical (unpaired) electrons. The summed E-state index contributed by atoms with van der Waals surface area (Å²) in [5, 5.41) is 0. The van der Waals surface area contributed by atoms with Gasteiger partial charge in [0.1, 0.15) is 0 Å². The van der Waals surface area contributed by atoms with Crippen molar-refractivity contribution in [3.8, 4) is 0 Å². The summed E-state index contributed by atoms with van der Waals surface area (Å²) < 4.78 is 0. The van der Waals surface area contributed by atoms with E-state index >= 15 is 0 Å². The molecule has 0 saturated carbocycles. The van der Waals surface area contributed by atoms with Gasteiger partial charge in [-0.05, 0) is 62.1 Å². The first-order valence-corrected chi connectivity index (χ1v) is 9.41. The molecule has 1 nitrogen and oxygen atoms in total. The first kappa shape index (κ1) is 19.0. The van der Waals surface area contributed by atoms with Crippen LogP contribution in [0.3, 0.4) is 0 Å². The second-order valence-corrected chi connectivity index (χ2v) is 9.56. The number of hydrogen-bond donors (Lipinski definition) is 0. The van der Waals surface area contributed by atoms with Crippen molar-refractivity contribution in [3.63, 3.8) is 0 Å². The molecule has 1 rings (SSSR count). The van der Waals surface area contributed by atoms with Gasteiger partial charge in [0.2, 0.25) is 0 Å². The zero-order chi connectivity index (χ0) is 15.9. The predicted octanol–water partition coefficient (Wildman–Crippen LogP) is 6.13. The van der Waals surface area contributed by atoms with E-state index in [-0.39, 0.29) is 0 Å². The van der Waals surface area contributed by atoms with Crippen LogP contribution in [0.2, 0.25) is 0 Å². The molecule has 0 aliphatic carbocycles. The Kier molecular flexibility index (Phi) is 7.74. The minimum atomic E-state index is 0.513. The molecule has 126 valence electrons. The first-order valence-electron chi connectivity index (χ1n) is 9.41. The highest BCUT2D eigenvalue weighted by atomic mass is 15.1. The van der Waals surface area contributed by atoms with Crippen molar-refractivity contribution >= 4 is 0 Å². The van der Waals surface area contributed by atoms with Gasteiger partial charge < -0.3 is 4.90 Å². The van der Waals surface area contributed by atoms with Crippen LogP contribution < -0.4 is 0 Å². The zero-order valence-corrected chi connectivity index (χ0v) is 15.8. The molecule has 1 heteroatoms. The summed E-state index contributed by atoms with van der Waals surface area (Å²) in [6.07, 6.45) is 11.3. The van der Waals surface area contributed by atoms with E-state index in [1.165, 1.54) is 71.0 Å². The Morgan fingerprint density at radius 1 is 0.762 bits per heavy atom. The van der Waals surface area contributed by atoms with E-state index in [4.69, 9.17) is 0 Å². The minimum Gasteiger partial charge on any atom is -0.303 e. The number of hydrogen-bond acceptors (Lipinski definition) is 1. The maximum absolute atomic E-state index is 2.71. The fourth-order valence-corrected chi connectivity index (χ4v) is 3.54. The maximum atomic E-state index is 2.71. The quantitative estimate of drug-likeness (QED) is 0.510. The number of nitrogens with zero attached hydrogens (tertiary/aromatic N) is 1. The molecule has 0 aromatic heterocycles. The Morgan fingerprint density at radius 3 is 1.81 bits per heavy atom. The van der Waals surface area contributed by atoms with Crippen LogP contribution in [0.4, 0.5) is 0 Å². The van der Waals surface area contributed by atoms with Gasteiger partial charge in [-0.15, -0.1) is 0 Å². The fraction of sp³-hybridized carbons (Fsp3) is 1.00. The molecule has 21 heavy (non-hydrogen) atoms. The summed E-state index contributed by atoms with van der Waals surface area (Å²) in [4.78, 5) is 2.71. The largest absolute Gasteiger partial charge is 0.303 e. The molecule has 0 unspecified atom stereocenters. The third kappa shape index (κ3) is 8.86. The van der Waals surface area contributed by atoms with Crippen LogP contribution in [-0.2, 0) is 0 Å². The molecule has 0 aromatic rings. The highest BCUT2D eigenvalue weighted by molar-refractivity contribution is 4.80. The molecule has 1 heterocycles. The van der Waals surface area contributed by atoms with Crippen molar-refractivity contribution in [2.24, 2.45) is 16.7 Å². The topological polar surface area (TPSA) is 3.24 Å². The van der Waals surface area contributed by atoms with Gasteiger partial charge in [-0.1, -0.05) is 67.2 Å². The molecular formula is C20H41N. The van der Waals surface area contributed by atoms with Gasteiger partial charge in [0.25, 0.3) is 0 Å². The van der Waals surface area contributed by atoms with Crippen LogP contribution in [-0.4, -0.2) is 24.5 Å². The summed E-state index contributed by atoms with van der Waals surface area (Å²) in [7, 11) is 0. The molecule has 0 bridgehead atoms. The Bertz CT molecular complexity index is 261. The lowest BCUT2D eigenvalue weighted by Gasteiger charge is -2.38. The zero-order valence-electron chi connectivity index (χ0n) is 15.8. The SMILES string of the molecule is CC(C)(C)CCCCCCCN1CCC(C(C)(C)C)CC1. The van der Waals surface area contributed by atoms with E-state index in [0.29, 0.717) is 10.8 Å². The van der Waals surface area contributed by atoms with Crippen LogP contribution in [0.1, 0.15) is 92.9 Å². The van der Waals surface area contributed by atoms with Crippen molar-refractivity contribution in [1.82, 2.24) is 4.90 Å². The molecule has 1 aliphatic rings. The predicted molar refractivity (Wildman–Crippen MR) is 95.8 cm³/mol.